The van der Waals surface area contributed by atoms with Crippen LogP contribution in [0, 0.1) is 28.6 Å². The molecule has 1 heterocycles. The summed E-state index contributed by atoms with van der Waals surface area (Å²) >= 11 is 0. The van der Waals surface area contributed by atoms with Crippen LogP contribution in [-0.4, -0.2) is 95.0 Å². The number of carboxylic acids is 1. The van der Waals surface area contributed by atoms with Gasteiger partial charge < -0.3 is 41.1 Å². The number of guanidine groups is 1. The summed E-state index contributed by atoms with van der Waals surface area (Å²) in [7, 11) is 1.67. The molecule has 7 N–H and O–H groups in total. The fourth-order valence-corrected chi connectivity index (χ4v) is 9.26. The summed E-state index contributed by atoms with van der Waals surface area (Å²) < 4.78 is 6.20. The summed E-state index contributed by atoms with van der Waals surface area (Å²) in [5.74, 6) is -0.214. The van der Waals surface area contributed by atoms with Crippen molar-refractivity contribution in [1.29, 1.82) is 0 Å². The van der Waals surface area contributed by atoms with E-state index < -0.39 is 23.1 Å². The van der Waals surface area contributed by atoms with E-state index in [2.05, 4.69) is 23.3 Å². The van der Waals surface area contributed by atoms with Crippen LogP contribution in [0.1, 0.15) is 58.3 Å². The van der Waals surface area contributed by atoms with Crippen LogP contribution in [0.4, 0.5) is 0 Å². The van der Waals surface area contributed by atoms with Crippen LogP contribution in [0.15, 0.2) is 28.4 Å². The Balaban J connectivity index is 1.58. The number of aliphatic carboxylic acids is 1. The van der Waals surface area contributed by atoms with Gasteiger partial charge in [0.1, 0.15) is 5.60 Å². The molecule has 0 saturated heterocycles. The molecule has 2 bridgehead atoms. The predicted molar refractivity (Wildman–Crippen MR) is 147 cm³/mol. The van der Waals surface area contributed by atoms with Crippen molar-refractivity contribution in [3.63, 3.8) is 0 Å². The van der Waals surface area contributed by atoms with Crippen LogP contribution in [0.5, 0.6) is 0 Å². The van der Waals surface area contributed by atoms with Crippen LogP contribution in [0.2, 0.25) is 0 Å². The van der Waals surface area contributed by atoms with Crippen molar-refractivity contribution in [2.24, 2.45) is 39.3 Å². The first-order chi connectivity index (χ1) is 18.6. The number of rotatable bonds is 8. The lowest BCUT2D eigenvalue weighted by atomic mass is 9.46. The normalized spacial score (nSPS) is 41.9. The Morgan fingerprint density at radius 3 is 2.79 bits per heavy atom. The number of aliphatic hydroxyl groups is 3. The second-order valence-electron chi connectivity index (χ2n) is 12.6. The Morgan fingerprint density at radius 1 is 1.31 bits per heavy atom. The van der Waals surface area contributed by atoms with Gasteiger partial charge in [0, 0.05) is 43.7 Å². The Bertz CT molecular complexity index is 1050. The Labute approximate surface area is 231 Å². The van der Waals surface area contributed by atoms with Crippen molar-refractivity contribution in [3.8, 4) is 0 Å². The lowest BCUT2D eigenvalue weighted by Gasteiger charge is -2.61. The van der Waals surface area contributed by atoms with E-state index >= 15 is 0 Å². The van der Waals surface area contributed by atoms with Crippen molar-refractivity contribution in [3.05, 3.63) is 23.4 Å². The van der Waals surface area contributed by atoms with Gasteiger partial charge in [-0.15, -0.1) is 0 Å². The number of aliphatic imine (C=N–C) groups is 1. The smallest absolute Gasteiger partial charge is 0.334 e. The maximum absolute atomic E-state index is 12.9. The molecule has 0 radical (unpaired) electrons. The van der Waals surface area contributed by atoms with Crippen LogP contribution in [0.3, 0.4) is 0 Å². The minimum atomic E-state index is -1.62. The number of allylic oxidation sites excluding steroid dienone is 1. The highest BCUT2D eigenvalue weighted by Crippen LogP contribution is 2.77. The third kappa shape index (κ3) is 4.43. The van der Waals surface area contributed by atoms with Gasteiger partial charge >= 0.3 is 5.97 Å². The minimum Gasteiger partial charge on any atom is -0.478 e. The van der Waals surface area contributed by atoms with Crippen molar-refractivity contribution in [2.75, 3.05) is 39.9 Å². The molecular formula is C29H46N4O6. The van der Waals surface area contributed by atoms with E-state index in [9.17, 15) is 25.2 Å². The van der Waals surface area contributed by atoms with Gasteiger partial charge in [0.2, 0.25) is 0 Å². The second-order valence-corrected chi connectivity index (χ2v) is 12.6. The maximum Gasteiger partial charge on any atom is 0.334 e. The molecule has 0 aromatic rings. The molecule has 5 aliphatic rings. The Morgan fingerprint density at radius 2 is 2.10 bits per heavy atom. The summed E-state index contributed by atoms with van der Waals surface area (Å²) in [6.07, 6.45) is 9.33. The summed E-state index contributed by atoms with van der Waals surface area (Å²) in [6, 6.07) is 0. The van der Waals surface area contributed by atoms with Crippen molar-refractivity contribution < 1.29 is 30.0 Å². The SMILES string of the molecule is CN=C(N)N1C=CC(CNCCO)C2(C1)C1CCC(C)C23CC(O)(COC2CCCC(O)C2)C(C(=O)O)=C3C1. The zero-order valence-electron chi connectivity index (χ0n) is 23.3. The highest BCUT2D eigenvalue weighted by molar-refractivity contribution is 5.92. The molecular weight excluding hydrogens is 500 g/mol. The van der Waals surface area contributed by atoms with E-state index in [1.807, 2.05) is 11.1 Å². The first-order valence-electron chi connectivity index (χ1n) is 14.6. The van der Waals surface area contributed by atoms with Gasteiger partial charge in [0.15, 0.2) is 5.96 Å². The highest BCUT2D eigenvalue weighted by Gasteiger charge is 2.75. The molecule has 2 spiro atoms. The van der Waals surface area contributed by atoms with E-state index in [1.165, 1.54) is 0 Å². The van der Waals surface area contributed by atoms with Gasteiger partial charge in [0.05, 0.1) is 31.0 Å². The summed E-state index contributed by atoms with van der Waals surface area (Å²) in [5, 5.41) is 45.8. The third-order valence-electron chi connectivity index (χ3n) is 10.8. The number of nitrogens with one attached hydrogen (secondary N) is 1. The predicted octanol–water partition coefficient (Wildman–Crippen LogP) is 1.22. The average molecular weight is 547 g/mol. The molecule has 10 nitrogen and oxygen atoms in total. The summed E-state index contributed by atoms with van der Waals surface area (Å²) in [5.41, 5.74) is 4.80. The number of carboxylic acid groups (broad SMARTS) is 1. The van der Waals surface area contributed by atoms with E-state index in [1.54, 1.807) is 7.05 Å². The van der Waals surface area contributed by atoms with Gasteiger partial charge in [-0.05, 0) is 74.7 Å². The second kappa shape index (κ2) is 10.8. The number of hydrogen-bond acceptors (Lipinski definition) is 7. The molecule has 39 heavy (non-hydrogen) atoms. The molecule has 0 aromatic heterocycles. The first kappa shape index (κ1) is 28.5. The number of hydrogen-bond donors (Lipinski definition) is 6. The Kier molecular flexibility index (Phi) is 7.89. The van der Waals surface area contributed by atoms with Gasteiger partial charge in [-0.2, -0.15) is 0 Å². The van der Waals surface area contributed by atoms with Gasteiger partial charge in [0.25, 0.3) is 0 Å². The van der Waals surface area contributed by atoms with Crippen LogP contribution in [-0.2, 0) is 9.53 Å². The number of nitrogens with two attached hydrogens (primary N) is 1. The molecule has 4 aliphatic carbocycles. The fourth-order valence-electron chi connectivity index (χ4n) is 9.26. The first-order valence-corrected chi connectivity index (χ1v) is 14.6. The molecule has 1 aliphatic heterocycles. The number of nitrogens with zero attached hydrogens (tertiary/aromatic N) is 2. The molecule has 0 amide bonds. The number of ether oxygens (including phenoxy) is 1. The van der Waals surface area contributed by atoms with E-state index in [0.29, 0.717) is 44.9 Å². The molecule has 3 fully saturated rings. The largest absolute Gasteiger partial charge is 0.478 e. The fraction of sp³-hybridized carbons (Fsp3) is 0.793. The van der Waals surface area contributed by atoms with Gasteiger partial charge in [-0.1, -0.05) is 13.0 Å². The Hall–Kier alpha value is -1.98. The molecule has 8 unspecified atom stereocenters. The number of aliphatic hydroxyl groups excluding tert-OH is 2. The standard InChI is InChI=1S/C29H46N4O6/c1-18-6-7-19-12-23-24(25(36)37)27(38,17-39-22-5-3-4-21(35)13-22)15-28(18,23)29(19)16-33(26(30)31-2)10-8-20(29)14-32-9-11-34/h8,10,18-22,32,34-35,38H,3-7,9,11-17H2,1-2H3,(H2,30,31)(H,36,37). The average Bonchev–Trinajstić information content (AvgIpc) is 3.26. The zero-order chi connectivity index (χ0) is 28.0. The minimum absolute atomic E-state index is 0.0389. The van der Waals surface area contributed by atoms with Crippen LogP contribution < -0.4 is 11.1 Å². The topological polar surface area (TPSA) is 161 Å². The molecule has 10 heteroatoms. The van der Waals surface area contributed by atoms with Crippen molar-refractivity contribution in [2.45, 2.75) is 76.1 Å². The molecule has 3 saturated carbocycles. The molecule has 218 valence electrons. The van der Waals surface area contributed by atoms with Gasteiger partial charge in [-0.3, -0.25) is 4.99 Å². The van der Waals surface area contributed by atoms with Gasteiger partial charge in [-0.25, -0.2) is 4.79 Å². The van der Waals surface area contributed by atoms with E-state index in [-0.39, 0.29) is 48.1 Å². The number of carbonyl (C=O) groups is 1. The third-order valence-corrected chi connectivity index (χ3v) is 10.8. The van der Waals surface area contributed by atoms with Crippen molar-refractivity contribution in [1.82, 2.24) is 10.2 Å². The lowest BCUT2D eigenvalue weighted by molar-refractivity contribution is -0.144. The quantitative estimate of drug-likeness (QED) is 0.149. The zero-order valence-corrected chi connectivity index (χ0v) is 23.3. The van der Waals surface area contributed by atoms with E-state index in [0.717, 1.165) is 37.7 Å². The molecule has 0 aromatic carbocycles. The lowest BCUT2D eigenvalue weighted by Crippen LogP contribution is -2.62. The monoisotopic (exact) mass is 546 g/mol. The highest BCUT2D eigenvalue weighted by atomic mass is 16.5. The van der Waals surface area contributed by atoms with Crippen LogP contribution >= 0.6 is 0 Å². The van der Waals surface area contributed by atoms with Crippen LogP contribution in [0.25, 0.3) is 0 Å². The summed E-state index contributed by atoms with van der Waals surface area (Å²) in [4.78, 5) is 19.1. The molecule has 8 atom stereocenters. The maximum atomic E-state index is 12.9. The van der Waals surface area contributed by atoms with Crippen molar-refractivity contribution >= 4 is 11.9 Å². The van der Waals surface area contributed by atoms with E-state index in [4.69, 9.17) is 10.5 Å². The molecule has 5 rings (SSSR count). The summed E-state index contributed by atoms with van der Waals surface area (Å²) in [6.45, 7) is 3.88.